The molecular weight excluding hydrogens is 815 g/mol. The first-order valence-corrected chi connectivity index (χ1v) is 21.9. The third-order valence-corrected chi connectivity index (χ3v) is 11.3. The van der Waals surface area contributed by atoms with Crippen molar-refractivity contribution in [2.75, 3.05) is 27.2 Å². The molecule has 18 heteroatoms. The van der Waals surface area contributed by atoms with Crippen LogP contribution >= 0.6 is 0 Å². The van der Waals surface area contributed by atoms with E-state index in [0.29, 0.717) is 12.0 Å². The second-order valence-electron chi connectivity index (χ2n) is 16.3. The number of aliphatic hydroxyl groups is 1. The van der Waals surface area contributed by atoms with Crippen molar-refractivity contribution in [1.29, 1.82) is 0 Å². The van der Waals surface area contributed by atoms with E-state index in [1.54, 1.807) is 0 Å². The van der Waals surface area contributed by atoms with Crippen LogP contribution in [0.5, 0.6) is 11.5 Å². The number of phenolic OH excluding ortho intramolecular Hbond substituents is 2. The number of aliphatic carboxylic acids is 1. The Labute approximate surface area is 369 Å². The number of carbonyl (C=O) groups is 7. The fourth-order valence-electron chi connectivity index (χ4n) is 7.39. The van der Waals surface area contributed by atoms with Gasteiger partial charge in [-0.25, -0.2) is 4.79 Å². The molecule has 63 heavy (non-hydrogen) atoms. The molecule has 5 atom stereocenters. The number of aliphatic hydroxyl groups excluding tert-OH is 1. The quantitative estimate of drug-likeness (QED) is 0.0576. The topological polar surface area (TPSA) is 281 Å². The maximum atomic E-state index is 13.9. The normalized spacial score (nSPS) is 17.3. The molecule has 1 aliphatic heterocycles. The Bertz CT molecular complexity index is 1890. The Kier molecular flexibility index (Phi) is 21.3. The van der Waals surface area contributed by atoms with Crippen LogP contribution in [0.1, 0.15) is 121 Å². The van der Waals surface area contributed by atoms with Crippen molar-refractivity contribution >= 4 is 41.4 Å². The number of fused-ring (bicyclic) bond motifs is 5. The van der Waals surface area contributed by atoms with Gasteiger partial charge in [0.2, 0.25) is 29.5 Å². The van der Waals surface area contributed by atoms with Crippen molar-refractivity contribution in [2.45, 2.75) is 140 Å². The van der Waals surface area contributed by atoms with E-state index in [-0.39, 0.29) is 46.9 Å². The molecule has 348 valence electrons. The number of hydrogen-bond acceptors (Lipinski definition) is 11. The highest BCUT2D eigenvalue weighted by Crippen LogP contribution is 2.38. The molecule has 0 radical (unpaired) electrons. The highest BCUT2D eigenvalue weighted by Gasteiger charge is 2.34. The first kappa shape index (κ1) is 51.6. The number of carboxylic acids is 1. The lowest BCUT2D eigenvalue weighted by molar-refractivity contribution is -0.143. The summed E-state index contributed by atoms with van der Waals surface area (Å²) < 4.78 is 0. The van der Waals surface area contributed by atoms with Crippen molar-refractivity contribution in [2.24, 2.45) is 5.73 Å². The number of likely N-dealkylation sites (N-methyl/N-ethyl adjacent to an activating group) is 2. The zero-order valence-corrected chi connectivity index (χ0v) is 37.0. The molecule has 0 aliphatic carbocycles. The molecule has 0 saturated carbocycles. The second kappa shape index (κ2) is 26.0. The van der Waals surface area contributed by atoms with Gasteiger partial charge in [0.05, 0.1) is 13.2 Å². The summed E-state index contributed by atoms with van der Waals surface area (Å²) >= 11 is 0. The van der Waals surface area contributed by atoms with Crippen LogP contribution in [0.2, 0.25) is 0 Å². The molecule has 5 unspecified atom stereocenters. The van der Waals surface area contributed by atoms with Gasteiger partial charge in [0.25, 0.3) is 5.91 Å². The van der Waals surface area contributed by atoms with Gasteiger partial charge >= 0.3 is 5.97 Å². The number of carbonyl (C=O) groups excluding carboxylic acids is 6. The SMILES string of the molecule is CCCCCCCCCCCCCCCC(=O)N(C)C(CO)C(=O)NC(N)C(=O)NCC(=O)N(C)C1C(=O)NC(C)C(=O)NC(C(=O)O)Cc2ccc(O)c(c2)-c2cc1ccc2O. The Hall–Kier alpha value is -5.75. The van der Waals surface area contributed by atoms with E-state index in [2.05, 4.69) is 28.2 Å². The molecule has 0 aromatic heterocycles. The maximum absolute atomic E-state index is 13.9. The molecule has 18 nitrogen and oxygen atoms in total. The Morgan fingerprint density at radius 3 is 1.90 bits per heavy atom. The van der Waals surface area contributed by atoms with Crippen molar-refractivity contribution in [1.82, 2.24) is 31.1 Å². The van der Waals surface area contributed by atoms with Crippen LogP contribution in [0.4, 0.5) is 0 Å². The summed E-state index contributed by atoms with van der Waals surface area (Å²) in [5.41, 5.74) is 6.60. The van der Waals surface area contributed by atoms with Gasteiger partial charge in [-0.05, 0) is 48.7 Å². The van der Waals surface area contributed by atoms with Crippen LogP contribution in [0.3, 0.4) is 0 Å². The lowest BCUT2D eigenvalue weighted by atomic mass is 9.94. The standard InChI is InChI=1S/C45H67N7O11/c1-5-6-7-8-9-10-11-12-13-14-15-16-17-18-37(56)51(3)34(27-53)42(59)50-40(46)44(61)47-26-38(57)52(4)39-30-20-22-36(55)32(25-30)31-23-29(19-21-35(31)54)24-33(45(62)63)49-41(58)28(2)48-43(39)60/h19-23,25,28,33-34,39-40,53-55H,5-18,24,26-27,46H2,1-4H3,(H,47,61)(H,48,60)(H,49,58)(H,50,59)(H,62,63). The van der Waals surface area contributed by atoms with Crippen LogP contribution < -0.4 is 27.0 Å². The summed E-state index contributed by atoms with van der Waals surface area (Å²) in [5, 5.41) is 50.8. The van der Waals surface area contributed by atoms with Crippen LogP contribution in [-0.4, -0.2) is 123 Å². The molecule has 4 bridgehead atoms. The first-order valence-electron chi connectivity index (χ1n) is 21.9. The second-order valence-corrected chi connectivity index (χ2v) is 16.3. The minimum Gasteiger partial charge on any atom is -0.507 e. The van der Waals surface area contributed by atoms with Crippen molar-refractivity contribution in [3.05, 3.63) is 47.5 Å². The fourth-order valence-corrected chi connectivity index (χ4v) is 7.39. The summed E-state index contributed by atoms with van der Waals surface area (Å²) in [7, 11) is 2.62. The monoisotopic (exact) mass is 881 g/mol. The zero-order chi connectivity index (χ0) is 46.6. The smallest absolute Gasteiger partial charge is 0.326 e. The number of nitrogens with zero attached hydrogens (tertiary/aromatic N) is 2. The first-order chi connectivity index (χ1) is 30.0. The highest BCUT2D eigenvalue weighted by atomic mass is 16.4. The lowest BCUT2D eigenvalue weighted by Gasteiger charge is -2.30. The van der Waals surface area contributed by atoms with Gasteiger partial charge in [0.15, 0.2) is 6.17 Å². The van der Waals surface area contributed by atoms with Gasteiger partial charge in [-0.2, -0.15) is 0 Å². The molecule has 0 spiro atoms. The van der Waals surface area contributed by atoms with E-state index >= 15 is 0 Å². The van der Waals surface area contributed by atoms with Crippen molar-refractivity contribution in [3.8, 4) is 22.6 Å². The average molecular weight is 882 g/mol. The average Bonchev–Trinajstić information content (AvgIpc) is 3.24. The minimum atomic E-state index is -1.70. The third-order valence-electron chi connectivity index (χ3n) is 11.3. The van der Waals surface area contributed by atoms with Crippen LogP contribution in [0, 0.1) is 0 Å². The van der Waals surface area contributed by atoms with E-state index in [1.807, 2.05) is 0 Å². The predicted molar refractivity (Wildman–Crippen MR) is 235 cm³/mol. The Balaban J connectivity index is 1.60. The molecule has 1 aliphatic rings. The van der Waals surface area contributed by atoms with E-state index in [4.69, 9.17) is 5.73 Å². The summed E-state index contributed by atoms with van der Waals surface area (Å²) in [5.74, 6) is -6.75. The van der Waals surface area contributed by atoms with E-state index < -0.39 is 79.0 Å². The summed E-state index contributed by atoms with van der Waals surface area (Å²) in [4.78, 5) is 93.6. The number of nitrogens with two attached hydrogens (primary N) is 1. The van der Waals surface area contributed by atoms with E-state index in [9.17, 15) is 54.0 Å². The molecule has 2 aromatic rings. The van der Waals surface area contributed by atoms with Gasteiger partial charge in [0, 0.05) is 38.1 Å². The molecule has 1 heterocycles. The van der Waals surface area contributed by atoms with Gasteiger partial charge < -0.3 is 57.2 Å². The molecule has 0 saturated heterocycles. The summed E-state index contributed by atoms with van der Waals surface area (Å²) in [6, 6.07) is 2.61. The highest BCUT2D eigenvalue weighted by molar-refractivity contribution is 5.96. The molecule has 6 amide bonds. The van der Waals surface area contributed by atoms with E-state index in [1.165, 1.54) is 109 Å². The number of unbranched alkanes of at least 4 members (excludes halogenated alkanes) is 12. The number of rotatable bonds is 23. The molecule has 2 aromatic carbocycles. The van der Waals surface area contributed by atoms with Gasteiger partial charge in [-0.1, -0.05) is 96.1 Å². The van der Waals surface area contributed by atoms with Crippen molar-refractivity contribution < 1.29 is 54.0 Å². The molecule has 3 rings (SSSR count). The predicted octanol–water partition coefficient (Wildman–Crippen LogP) is 2.71. The summed E-state index contributed by atoms with van der Waals surface area (Å²) in [6.07, 6.45) is 13.2. The fraction of sp³-hybridized carbons (Fsp3) is 0.578. The summed E-state index contributed by atoms with van der Waals surface area (Å²) in [6.45, 7) is 2.07. The largest absolute Gasteiger partial charge is 0.507 e. The molecule has 0 fully saturated rings. The molecular formula is C45H67N7O11. The number of phenols is 2. The Morgan fingerprint density at radius 2 is 1.33 bits per heavy atom. The van der Waals surface area contributed by atoms with E-state index in [0.717, 1.165) is 35.5 Å². The lowest BCUT2D eigenvalue weighted by Crippen LogP contribution is -2.59. The number of benzene rings is 2. The van der Waals surface area contributed by atoms with Crippen LogP contribution in [0.15, 0.2) is 36.4 Å². The number of carboxylic acid groups (broad SMARTS) is 1. The van der Waals surface area contributed by atoms with Gasteiger partial charge in [-0.3, -0.25) is 28.8 Å². The number of aromatic hydroxyl groups is 2. The van der Waals surface area contributed by atoms with Crippen LogP contribution in [0.25, 0.3) is 11.1 Å². The molecule has 10 N–H and O–H groups in total. The number of amides is 6. The maximum Gasteiger partial charge on any atom is 0.326 e. The van der Waals surface area contributed by atoms with Crippen molar-refractivity contribution in [3.63, 3.8) is 0 Å². The zero-order valence-electron chi connectivity index (χ0n) is 37.0. The van der Waals surface area contributed by atoms with Gasteiger partial charge in [0.1, 0.15) is 35.7 Å². The Morgan fingerprint density at radius 1 is 0.778 bits per heavy atom. The van der Waals surface area contributed by atoms with Crippen LogP contribution in [-0.2, 0) is 40.0 Å². The van der Waals surface area contributed by atoms with Gasteiger partial charge in [-0.15, -0.1) is 0 Å². The minimum absolute atomic E-state index is 0.0506. The number of hydrogen-bond donors (Lipinski definition) is 9. The number of nitrogens with one attached hydrogen (secondary N) is 4. The third kappa shape index (κ3) is 15.8.